The molecule has 11 heteroatoms. The number of nitro benzene ring substituents is 1. The fourth-order valence-corrected chi connectivity index (χ4v) is 5.27. The summed E-state index contributed by atoms with van der Waals surface area (Å²) in [7, 11) is -3.94. The summed E-state index contributed by atoms with van der Waals surface area (Å²) in [5.74, 6) is -0.784. The Morgan fingerprint density at radius 1 is 1.03 bits per heavy atom. The van der Waals surface area contributed by atoms with Gasteiger partial charge in [-0.25, -0.2) is 8.42 Å². The lowest BCUT2D eigenvalue weighted by Gasteiger charge is -2.36. The minimum Gasteiger partial charge on any atom is -0.340 e. The van der Waals surface area contributed by atoms with Crippen LogP contribution in [0.1, 0.15) is 29.8 Å². The quantitative estimate of drug-likeness (QED) is 0.470. The number of carbonyl (C=O) groups is 2. The molecule has 1 saturated heterocycles. The predicted molar refractivity (Wildman–Crippen MR) is 126 cm³/mol. The van der Waals surface area contributed by atoms with Crippen LogP contribution in [0.15, 0.2) is 53.4 Å². The van der Waals surface area contributed by atoms with Crippen LogP contribution in [-0.4, -0.2) is 66.6 Å². The van der Waals surface area contributed by atoms with Gasteiger partial charge in [-0.1, -0.05) is 38.1 Å². The summed E-state index contributed by atoms with van der Waals surface area (Å²) in [6, 6.07) is 11.3. The number of benzene rings is 2. The van der Waals surface area contributed by atoms with Gasteiger partial charge in [0.15, 0.2) is 0 Å². The van der Waals surface area contributed by atoms with Crippen molar-refractivity contribution in [3.05, 3.63) is 69.8 Å². The topological polar surface area (TPSA) is 130 Å². The zero-order valence-corrected chi connectivity index (χ0v) is 20.1. The molecule has 3 rings (SSSR count). The van der Waals surface area contributed by atoms with Crippen LogP contribution in [0.5, 0.6) is 0 Å². The largest absolute Gasteiger partial charge is 0.340 e. The van der Waals surface area contributed by atoms with Gasteiger partial charge in [-0.2, -0.15) is 4.31 Å². The van der Waals surface area contributed by atoms with Gasteiger partial charge in [0, 0.05) is 43.9 Å². The first-order valence-corrected chi connectivity index (χ1v) is 12.4. The van der Waals surface area contributed by atoms with E-state index in [9.17, 15) is 28.1 Å². The molecule has 0 saturated carbocycles. The van der Waals surface area contributed by atoms with Gasteiger partial charge in [0.2, 0.25) is 15.9 Å². The van der Waals surface area contributed by atoms with Gasteiger partial charge < -0.3 is 10.2 Å². The van der Waals surface area contributed by atoms with Gasteiger partial charge in [-0.05, 0) is 30.5 Å². The molecule has 2 aromatic carbocycles. The summed E-state index contributed by atoms with van der Waals surface area (Å²) in [5, 5.41) is 13.8. The van der Waals surface area contributed by atoms with Gasteiger partial charge in [0.05, 0.1) is 9.82 Å². The van der Waals surface area contributed by atoms with Gasteiger partial charge in [-0.3, -0.25) is 19.7 Å². The highest BCUT2D eigenvalue weighted by Crippen LogP contribution is 2.22. The summed E-state index contributed by atoms with van der Waals surface area (Å²) >= 11 is 0. The number of nitrogens with zero attached hydrogens (tertiary/aromatic N) is 3. The zero-order chi connectivity index (χ0) is 25.0. The van der Waals surface area contributed by atoms with Crippen molar-refractivity contribution in [1.29, 1.82) is 0 Å². The van der Waals surface area contributed by atoms with Gasteiger partial charge in [0.25, 0.3) is 11.6 Å². The van der Waals surface area contributed by atoms with E-state index in [1.165, 1.54) is 22.5 Å². The molecule has 34 heavy (non-hydrogen) atoms. The molecule has 1 heterocycles. The van der Waals surface area contributed by atoms with Crippen LogP contribution in [0.25, 0.3) is 0 Å². The summed E-state index contributed by atoms with van der Waals surface area (Å²) < 4.78 is 27.1. The lowest BCUT2D eigenvalue weighted by Crippen LogP contribution is -2.57. The second kappa shape index (κ2) is 10.3. The van der Waals surface area contributed by atoms with E-state index in [1.54, 1.807) is 17.0 Å². The number of nitro groups is 1. The number of sulfonamides is 1. The number of rotatable bonds is 7. The molecule has 1 atom stereocenters. The Labute approximate surface area is 198 Å². The summed E-state index contributed by atoms with van der Waals surface area (Å²) in [5.41, 5.74) is 0.989. The minimum atomic E-state index is -3.94. The Kier molecular flexibility index (Phi) is 7.68. The summed E-state index contributed by atoms with van der Waals surface area (Å²) in [6.45, 7) is 5.89. The first kappa shape index (κ1) is 25.3. The number of non-ortho nitro benzene ring substituents is 1. The van der Waals surface area contributed by atoms with Gasteiger partial charge >= 0.3 is 0 Å². The Morgan fingerprint density at radius 2 is 1.68 bits per heavy atom. The predicted octanol–water partition coefficient (Wildman–Crippen LogP) is 2.19. The molecule has 0 radical (unpaired) electrons. The third-order valence-corrected chi connectivity index (χ3v) is 7.72. The third kappa shape index (κ3) is 5.42. The highest BCUT2D eigenvalue weighted by molar-refractivity contribution is 7.89. The Bertz CT molecular complexity index is 1190. The van der Waals surface area contributed by atoms with Crippen LogP contribution in [0.3, 0.4) is 0 Å². The summed E-state index contributed by atoms with van der Waals surface area (Å²) in [6.07, 6.45) is 0. The maximum absolute atomic E-state index is 13.2. The molecular weight excluding hydrogens is 460 g/mol. The number of carbonyl (C=O) groups excluding carboxylic acids is 2. The SMILES string of the molecule is Cc1ccccc1C(=O)N[C@H](C(=O)N1CCN(S(=O)(=O)c2cccc([N+](=O)[O-])c2)CC1)C(C)C. The van der Waals surface area contributed by atoms with Crippen molar-refractivity contribution in [2.45, 2.75) is 31.7 Å². The maximum Gasteiger partial charge on any atom is 0.270 e. The maximum atomic E-state index is 13.2. The number of hydrogen-bond donors (Lipinski definition) is 1. The molecule has 182 valence electrons. The van der Waals surface area contributed by atoms with E-state index in [2.05, 4.69) is 5.32 Å². The van der Waals surface area contributed by atoms with Crippen molar-refractivity contribution in [3.8, 4) is 0 Å². The lowest BCUT2D eigenvalue weighted by molar-refractivity contribution is -0.385. The van der Waals surface area contributed by atoms with E-state index in [-0.39, 0.29) is 54.5 Å². The number of hydrogen-bond acceptors (Lipinski definition) is 6. The minimum absolute atomic E-state index is 0.0489. The highest BCUT2D eigenvalue weighted by Gasteiger charge is 2.34. The first-order valence-electron chi connectivity index (χ1n) is 10.9. The van der Waals surface area contributed by atoms with Crippen LogP contribution >= 0.6 is 0 Å². The molecule has 0 aromatic heterocycles. The van der Waals surface area contributed by atoms with Crippen LogP contribution in [0, 0.1) is 23.0 Å². The van der Waals surface area contributed by atoms with Crippen LogP contribution in [-0.2, 0) is 14.8 Å². The molecule has 2 aromatic rings. The van der Waals surface area contributed by atoms with Crippen molar-refractivity contribution >= 4 is 27.5 Å². The Balaban J connectivity index is 1.68. The molecular formula is C23H28N4O6S. The molecule has 1 fully saturated rings. The second-order valence-corrected chi connectivity index (χ2v) is 10.4. The lowest BCUT2D eigenvalue weighted by atomic mass is 10.0. The third-order valence-electron chi connectivity index (χ3n) is 5.83. The number of piperazine rings is 1. The fourth-order valence-electron chi connectivity index (χ4n) is 3.81. The average molecular weight is 489 g/mol. The van der Waals surface area contributed by atoms with E-state index in [4.69, 9.17) is 0 Å². The number of aryl methyl sites for hydroxylation is 1. The number of nitrogens with one attached hydrogen (secondary N) is 1. The van der Waals surface area contributed by atoms with Crippen molar-refractivity contribution in [2.24, 2.45) is 5.92 Å². The van der Waals surface area contributed by atoms with E-state index in [0.29, 0.717) is 5.56 Å². The standard InChI is InChI=1S/C23H28N4O6S/c1-16(2)21(24-22(28)20-10-5-4-7-17(20)3)23(29)25-11-13-26(14-12-25)34(32,33)19-9-6-8-18(15-19)27(30)31/h4-10,15-16,21H,11-14H2,1-3H3,(H,24,28)/t21-/m0/s1. The zero-order valence-electron chi connectivity index (χ0n) is 19.3. The van der Waals surface area contributed by atoms with E-state index in [1.807, 2.05) is 32.9 Å². The molecule has 1 N–H and O–H groups in total. The van der Waals surface area contributed by atoms with E-state index >= 15 is 0 Å². The Morgan fingerprint density at radius 3 is 2.26 bits per heavy atom. The van der Waals surface area contributed by atoms with Gasteiger partial charge in [0.1, 0.15) is 6.04 Å². The van der Waals surface area contributed by atoms with Gasteiger partial charge in [-0.15, -0.1) is 0 Å². The van der Waals surface area contributed by atoms with Crippen LogP contribution in [0.2, 0.25) is 0 Å². The molecule has 10 nitrogen and oxygen atoms in total. The molecule has 0 aliphatic carbocycles. The van der Waals surface area contributed by atoms with E-state index < -0.39 is 21.0 Å². The monoisotopic (exact) mass is 488 g/mol. The highest BCUT2D eigenvalue weighted by atomic mass is 32.2. The normalized spacial score (nSPS) is 15.7. The van der Waals surface area contributed by atoms with Crippen molar-refractivity contribution in [2.75, 3.05) is 26.2 Å². The second-order valence-electron chi connectivity index (χ2n) is 8.49. The first-order chi connectivity index (χ1) is 16.0. The Hall–Kier alpha value is -3.31. The van der Waals surface area contributed by atoms with Crippen molar-refractivity contribution in [3.63, 3.8) is 0 Å². The smallest absolute Gasteiger partial charge is 0.270 e. The molecule has 0 spiro atoms. The molecule has 2 amide bonds. The van der Waals surface area contributed by atoms with Crippen LogP contribution in [0.4, 0.5) is 5.69 Å². The fraction of sp³-hybridized carbons (Fsp3) is 0.391. The van der Waals surface area contributed by atoms with E-state index in [0.717, 1.165) is 11.6 Å². The molecule has 0 bridgehead atoms. The molecule has 1 aliphatic rings. The summed E-state index contributed by atoms with van der Waals surface area (Å²) in [4.78, 5) is 37.7. The van der Waals surface area contributed by atoms with Crippen molar-refractivity contribution in [1.82, 2.24) is 14.5 Å². The van der Waals surface area contributed by atoms with Crippen LogP contribution < -0.4 is 5.32 Å². The average Bonchev–Trinajstić information content (AvgIpc) is 2.82. The number of amides is 2. The molecule has 0 unspecified atom stereocenters. The molecule has 1 aliphatic heterocycles. The van der Waals surface area contributed by atoms with Crippen molar-refractivity contribution < 1.29 is 22.9 Å².